The molecule has 100 valence electrons. The van der Waals surface area contributed by atoms with Crippen LogP contribution in [0.4, 0.5) is 0 Å². The van der Waals surface area contributed by atoms with Gasteiger partial charge in [0.25, 0.3) is 0 Å². The van der Waals surface area contributed by atoms with E-state index in [2.05, 4.69) is 26.8 Å². The number of hydrogen-bond donors (Lipinski definition) is 0. The molecular formula is C17H20O2. The molecule has 0 aromatic heterocycles. The van der Waals surface area contributed by atoms with Gasteiger partial charge in [-0.2, -0.15) is 0 Å². The van der Waals surface area contributed by atoms with Crippen LogP contribution in [-0.2, 0) is 5.41 Å². The summed E-state index contributed by atoms with van der Waals surface area (Å²) in [6.07, 6.45) is 0. The van der Waals surface area contributed by atoms with Gasteiger partial charge in [-0.1, -0.05) is 39.0 Å². The van der Waals surface area contributed by atoms with Crippen molar-refractivity contribution in [2.24, 2.45) is 0 Å². The van der Waals surface area contributed by atoms with Crippen LogP contribution < -0.4 is 9.47 Å². The van der Waals surface area contributed by atoms with Crippen LogP contribution in [0, 0.1) is 0 Å². The average molecular weight is 256 g/mol. The lowest BCUT2D eigenvalue weighted by atomic mass is 9.86. The van der Waals surface area contributed by atoms with Crippen LogP contribution in [0.3, 0.4) is 0 Å². The van der Waals surface area contributed by atoms with E-state index in [9.17, 15) is 0 Å². The van der Waals surface area contributed by atoms with Gasteiger partial charge in [0, 0.05) is 5.56 Å². The van der Waals surface area contributed by atoms with Crippen molar-refractivity contribution in [2.75, 3.05) is 7.11 Å². The Morgan fingerprint density at radius 3 is 1.95 bits per heavy atom. The Morgan fingerprint density at radius 2 is 1.37 bits per heavy atom. The zero-order valence-electron chi connectivity index (χ0n) is 11.9. The minimum atomic E-state index is 0.0586. The van der Waals surface area contributed by atoms with E-state index in [0.29, 0.717) is 0 Å². The van der Waals surface area contributed by atoms with Crippen molar-refractivity contribution in [3.05, 3.63) is 54.1 Å². The van der Waals surface area contributed by atoms with Gasteiger partial charge in [-0.15, -0.1) is 0 Å². The molecular weight excluding hydrogens is 236 g/mol. The van der Waals surface area contributed by atoms with E-state index >= 15 is 0 Å². The standard InChI is InChI=1S/C17H20O2/c1-17(2,3)15-7-5-6-8-16(15)19-14-11-9-13(18-4)10-12-14/h5-12H,1-4H3. The quantitative estimate of drug-likeness (QED) is 0.786. The molecule has 0 atom stereocenters. The Kier molecular flexibility index (Phi) is 3.79. The van der Waals surface area contributed by atoms with Gasteiger partial charge in [0.05, 0.1) is 7.11 Å². The molecule has 0 unspecified atom stereocenters. The van der Waals surface area contributed by atoms with Gasteiger partial charge in [-0.05, 0) is 35.7 Å². The number of hydrogen-bond acceptors (Lipinski definition) is 2. The number of ether oxygens (including phenoxy) is 2. The number of benzene rings is 2. The van der Waals surface area contributed by atoms with Crippen LogP contribution in [0.25, 0.3) is 0 Å². The second-order valence-corrected chi connectivity index (χ2v) is 5.52. The van der Waals surface area contributed by atoms with E-state index in [1.54, 1.807) is 7.11 Å². The van der Waals surface area contributed by atoms with Crippen LogP contribution in [0.15, 0.2) is 48.5 Å². The number of rotatable bonds is 3. The Hall–Kier alpha value is -1.96. The highest BCUT2D eigenvalue weighted by atomic mass is 16.5. The largest absolute Gasteiger partial charge is 0.497 e. The Morgan fingerprint density at radius 1 is 0.789 bits per heavy atom. The Bertz CT molecular complexity index is 536. The molecule has 0 aliphatic heterocycles. The minimum absolute atomic E-state index is 0.0586. The lowest BCUT2D eigenvalue weighted by Gasteiger charge is -2.22. The van der Waals surface area contributed by atoms with E-state index in [1.807, 2.05) is 42.5 Å². The Balaban J connectivity index is 2.28. The third-order valence-electron chi connectivity index (χ3n) is 2.98. The highest BCUT2D eigenvalue weighted by Gasteiger charge is 2.18. The molecule has 2 rings (SSSR count). The monoisotopic (exact) mass is 256 g/mol. The summed E-state index contributed by atoms with van der Waals surface area (Å²) < 4.78 is 11.1. The molecule has 2 nitrogen and oxygen atoms in total. The van der Waals surface area contributed by atoms with Crippen LogP contribution in [0.1, 0.15) is 26.3 Å². The van der Waals surface area contributed by atoms with E-state index in [4.69, 9.17) is 9.47 Å². The SMILES string of the molecule is COc1ccc(Oc2ccccc2C(C)(C)C)cc1. The van der Waals surface area contributed by atoms with Crippen molar-refractivity contribution in [2.45, 2.75) is 26.2 Å². The molecule has 0 saturated carbocycles. The summed E-state index contributed by atoms with van der Waals surface area (Å²) in [6, 6.07) is 15.8. The van der Waals surface area contributed by atoms with Gasteiger partial charge in [0.2, 0.25) is 0 Å². The summed E-state index contributed by atoms with van der Waals surface area (Å²) in [4.78, 5) is 0. The van der Waals surface area contributed by atoms with Gasteiger partial charge in [0.1, 0.15) is 17.2 Å². The first-order valence-corrected chi connectivity index (χ1v) is 6.42. The molecule has 0 spiro atoms. The summed E-state index contributed by atoms with van der Waals surface area (Å²) in [5.41, 5.74) is 1.26. The molecule has 19 heavy (non-hydrogen) atoms. The molecule has 0 saturated heterocycles. The second-order valence-electron chi connectivity index (χ2n) is 5.52. The lowest BCUT2D eigenvalue weighted by molar-refractivity contribution is 0.412. The predicted molar refractivity (Wildman–Crippen MR) is 78.2 cm³/mol. The zero-order valence-corrected chi connectivity index (χ0v) is 11.9. The number of para-hydroxylation sites is 1. The smallest absolute Gasteiger partial charge is 0.131 e. The molecule has 0 aliphatic rings. The molecule has 0 N–H and O–H groups in total. The van der Waals surface area contributed by atoms with Crippen LogP contribution in [-0.4, -0.2) is 7.11 Å². The van der Waals surface area contributed by atoms with Gasteiger partial charge in [-0.3, -0.25) is 0 Å². The van der Waals surface area contributed by atoms with Crippen LogP contribution in [0.2, 0.25) is 0 Å². The van der Waals surface area contributed by atoms with E-state index < -0.39 is 0 Å². The normalized spacial score (nSPS) is 11.2. The summed E-state index contributed by atoms with van der Waals surface area (Å²) in [6.45, 7) is 6.55. The van der Waals surface area contributed by atoms with Gasteiger partial charge >= 0.3 is 0 Å². The highest BCUT2D eigenvalue weighted by Crippen LogP contribution is 2.34. The lowest BCUT2D eigenvalue weighted by Crippen LogP contribution is -2.12. The molecule has 0 bridgehead atoms. The molecule has 0 amide bonds. The van der Waals surface area contributed by atoms with Gasteiger partial charge in [0.15, 0.2) is 0 Å². The van der Waals surface area contributed by atoms with Crippen molar-refractivity contribution in [3.8, 4) is 17.2 Å². The van der Waals surface area contributed by atoms with Gasteiger partial charge in [-0.25, -0.2) is 0 Å². The minimum Gasteiger partial charge on any atom is -0.497 e. The average Bonchev–Trinajstić information content (AvgIpc) is 2.39. The molecule has 2 heteroatoms. The fourth-order valence-corrected chi connectivity index (χ4v) is 1.95. The first-order valence-electron chi connectivity index (χ1n) is 6.42. The summed E-state index contributed by atoms with van der Waals surface area (Å²) >= 11 is 0. The third kappa shape index (κ3) is 3.28. The van der Waals surface area contributed by atoms with Crippen LogP contribution >= 0.6 is 0 Å². The maximum atomic E-state index is 5.98. The molecule has 2 aromatic rings. The maximum Gasteiger partial charge on any atom is 0.131 e. The van der Waals surface area contributed by atoms with E-state index in [-0.39, 0.29) is 5.41 Å². The predicted octanol–water partition coefficient (Wildman–Crippen LogP) is 4.79. The maximum absolute atomic E-state index is 5.98. The van der Waals surface area contributed by atoms with E-state index in [1.165, 1.54) is 5.56 Å². The molecule has 2 aromatic carbocycles. The molecule has 0 fully saturated rings. The summed E-state index contributed by atoms with van der Waals surface area (Å²) in [5.74, 6) is 2.55. The molecule has 0 aliphatic carbocycles. The van der Waals surface area contributed by atoms with Gasteiger partial charge < -0.3 is 9.47 Å². The summed E-state index contributed by atoms with van der Waals surface area (Å²) in [5, 5.41) is 0. The third-order valence-corrected chi connectivity index (χ3v) is 2.98. The fraction of sp³-hybridized carbons (Fsp3) is 0.294. The molecule has 0 heterocycles. The second kappa shape index (κ2) is 5.35. The fourth-order valence-electron chi connectivity index (χ4n) is 1.95. The number of methoxy groups -OCH3 is 1. The van der Waals surface area contributed by atoms with Crippen molar-refractivity contribution < 1.29 is 9.47 Å². The summed E-state index contributed by atoms with van der Waals surface area (Å²) in [7, 11) is 1.66. The Labute approximate surface area is 115 Å². The topological polar surface area (TPSA) is 18.5 Å². The van der Waals surface area contributed by atoms with E-state index in [0.717, 1.165) is 17.2 Å². The van der Waals surface area contributed by atoms with Crippen molar-refractivity contribution in [3.63, 3.8) is 0 Å². The molecule has 0 radical (unpaired) electrons. The highest BCUT2D eigenvalue weighted by molar-refractivity contribution is 5.42. The first kappa shape index (κ1) is 13.5. The van der Waals surface area contributed by atoms with Crippen molar-refractivity contribution in [1.29, 1.82) is 0 Å². The zero-order chi connectivity index (χ0) is 13.9. The van der Waals surface area contributed by atoms with Crippen LogP contribution in [0.5, 0.6) is 17.2 Å². The van der Waals surface area contributed by atoms with Crippen molar-refractivity contribution in [1.82, 2.24) is 0 Å². The van der Waals surface area contributed by atoms with Crippen molar-refractivity contribution >= 4 is 0 Å². The first-order chi connectivity index (χ1) is 9.00.